The first-order valence-electron chi connectivity index (χ1n) is 6.93. The Morgan fingerprint density at radius 2 is 2.11 bits per heavy atom. The fourth-order valence-corrected chi connectivity index (χ4v) is 3.06. The SMILES string of the molecule is C/C(=C\CC[C@](C)(O)[C@@H]1CC[C@@](C)(O)[C@H]1C)C(=O)O. The van der Waals surface area contributed by atoms with Crippen LogP contribution in [0.5, 0.6) is 0 Å². The summed E-state index contributed by atoms with van der Waals surface area (Å²) in [6.45, 7) is 7.15. The molecule has 1 aliphatic carbocycles. The van der Waals surface area contributed by atoms with E-state index in [4.69, 9.17) is 5.11 Å². The lowest BCUT2D eigenvalue weighted by atomic mass is 9.76. The predicted molar refractivity (Wildman–Crippen MR) is 73.8 cm³/mol. The van der Waals surface area contributed by atoms with Crippen molar-refractivity contribution in [3.8, 4) is 0 Å². The number of carboxylic acid groups (broad SMARTS) is 1. The molecule has 0 aromatic rings. The van der Waals surface area contributed by atoms with Gasteiger partial charge in [0, 0.05) is 5.57 Å². The van der Waals surface area contributed by atoms with Crippen molar-refractivity contribution in [2.24, 2.45) is 11.8 Å². The summed E-state index contributed by atoms with van der Waals surface area (Å²) >= 11 is 0. The van der Waals surface area contributed by atoms with Crippen molar-refractivity contribution in [3.63, 3.8) is 0 Å². The van der Waals surface area contributed by atoms with E-state index in [1.165, 1.54) is 0 Å². The zero-order chi connectivity index (χ0) is 14.8. The Morgan fingerprint density at radius 3 is 2.53 bits per heavy atom. The molecule has 4 nitrogen and oxygen atoms in total. The molecule has 0 aromatic carbocycles. The molecule has 0 saturated heterocycles. The van der Waals surface area contributed by atoms with Gasteiger partial charge in [-0.15, -0.1) is 0 Å². The summed E-state index contributed by atoms with van der Waals surface area (Å²) < 4.78 is 0. The Kier molecular flexibility index (Phi) is 4.80. The molecule has 4 atom stereocenters. The molecule has 1 fully saturated rings. The van der Waals surface area contributed by atoms with Gasteiger partial charge in [0.25, 0.3) is 0 Å². The van der Waals surface area contributed by atoms with Crippen LogP contribution in [-0.2, 0) is 4.79 Å². The van der Waals surface area contributed by atoms with Crippen LogP contribution in [0.1, 0.15) is 53.4 Å². The minimum atomic E-state index is -0.920. The van der Waals surface area contributed by atoms with Gasteiger partial charge in [-0.3, -0.25) is 0 Å². The van der Waals surface area contributed by atoms with Gasteiger partial charge in [0.2, 0.25) is 0 Å². The smallest absolute Gasteiger partial charge is 0.330 e. The summed E-state index contributed by atoms with van der Waals surface area (Å²) in [6.07, 6.45) is 4.22. The number of hydrogen-bond acceptors (Lipinski definition) is 3. The van der Waals surface area contributed by atoms with Crippen LogP contribution < -0.4 is 0 Å². The molecule has 1 rings (SSSR count). The van der Waals surface area contributed by atoms with E-state index in [1.807, 2.05) is 13.8 Å². The van der Waals surface area contributed by atoms with Crippen molar-refractivity contribution in [1.82, 2.24) is 0 Å². The van der Waals surface area contributed by atoms with E-state index < -0.39 is 17.2 Å². The minimum absolute atomic E-state index is 0.0482. The van der Waals surface area contributed by atoms with Gasteiger partial charge in [-0.05, 0) is 58.3 Å². The van der Waals surface area contributed by atoms with Gasteiger partial charge in [-0.2, -0.15) is 0 Å². The zero-order valence-electron chi connectivity index (χ0n) is 12.3. The Hall–Kier alpha value is -0.870. The van der Waals surface area contributed by atoms with Gasteiger partial charge in [-0.1, -0.05) is 13.0 Å². The fourth-order valence-electron chi connectivity index (χ4n) is 3.06. The maximum Gasteiger partial charge on any atom is 0.330 e. The standard InChI is InChI=1S/C15H26O4/c1-10(13(16)17)6-5-8-15(4,19)12-7-9-14(3,18)11(12)2/h6,11-12,18-19H,5,7-9H2,1-4H3,(H,16,17)/b10-6+/t11-,12+,14+,15-/m0/s1. The maximum atomic E-state index is 10.7. The van der Waals surface area contributed by atoms with Crippen LogP contribution in [0.15, 0.2) is 11.6 Å². The first kappa shape index (κ1) is 16.2. The van der Waals surface area contributed by atoms with E-state index in [0.29, 0.717) is 24.8 Å². The number of carboxylic acids is 1. The highest BCUT2D eigenvalue weighted by molar-refractivity contribution is 5.85. The first-order chi connectivity index (χ1) is 8.58. The van der Waals surface area contributed by atoms with Crippen molar-refractivity contribution in [1.29, 1.82) is 0 Å². The predicted octanol–water partition coefficient (Wildman–Crippen LogP) is 2.35. The molecule has 0 radical (unpaired) electrons. The number of hydrogen-bond donors (Lipinski definition) is 3. The molecule has 0 heterocycles. The number of allylic oxidation sites excluding steroid dienone is 1. The quantitative estimate of drug-likeness (QED) is 0.670. The highest BCUT2D eigenvalue weighted by Gasteiger charge is 2.47. The summed E-state index contributed by atoms with van der Waals surface area (Å²) in [5, 5.41) is 29.5. The van der Waals surface area contributed by atoms with Crippen LogP contribution in [-0.4, -0.2) is 32.5 Å². The van der Waals surface area contributed by atoms with Gasteiger partial charge >= 0.3 is 5.97 Å². The van der Waals surface area contributed by atoms with Gasteiger partial charge in [0.15, 0.2) is 0 Å². The van der Waals surface area contributed by atoms with Crippen LogP contribution in [0.25, 0.3) is 0 Å². The molecule has 0 amide bonds. The Bertz CT molecular complexity index is 368. The molecule has 0 spiro atoms. The van der Waals surface area contributed by atoms with Crippen molar-refractivity contribution in [2.75, 3.05) is 0 Å². The van der Waals surface area contributed by atoms with E-state index in [1.54, 1.807) is 19.9 Å². The molecular weight excluding hydrogens is 244 g/mol. The molecule has 0 unspecified atom stereocenters. The molecule has 1 saturated carbocycles. The maximum absolute atomic E-state index is 10.7. The largest absolute Gasteiger partial charge is 0.478 e. The third-order valence-corrected chi connectivity index (χ3v) is 4.78. The Morgan fingerprint density at radius 1 is 1.53 bits per heavy atom. The van der Waals surface area contributed by atoms with E-state index in [2.05, 4.69) is 0 Å². The van der Waals surface area contributed by atoms with Crippen molar-refractivity contribution >= 4 is 5.97 Å². The molecule has 19 heavy (non-hydrogen) atoms. The van der Waals surface area contributed by atoms with Crippen LogP contribution in [0.3, 0.4) is 0 Å². The molecule has 0 bridgehead atoms. The van der Waals surface area contributed by atoms with E-state index in [-0.39, 0.29) is 11.8 Å². The van der Waals surface area contributed by atoms with Crippen LogP contribution in [0, 0.1) is 11.8 Å². The van der Waals surface area contributed by atoms with Crippen LogP contribution in [0.4, 0.5) is 0 Å². The van der Waals surface area contributed by atoms with E-state index in [0.717, 1.165) is 6.42 Å². The molecular formula is C15H26O4. The lowest BCUT2D eigenvalue weighted by molar-refractivity contribution is -0.132. The highest BCUT2D eigenvalue weighted by atomic mass is 16.4. The fraction of sp³-hybridized carbons (Fsp3) is 0.800. The molecule has 110 valence electrons. The second-order valence-electron chi connectivity index (χ2n) is 6.38. The van der Waals surface area contributed by atoms with Crippen molar-refractivity contribution in [2.45, 2.75) is 64.6 Å². The van der Waals surface area contributed by atoms with Crippen LogP contribution in [0.2, 0.25) is 0 Å². The van der Waals surface area contributed by atoms with E-state index in [9.17, 15) is 15.0 Å². The number of carbonyl (C=O) groups is 1. The average Bonchev–Trinajstić information content (AvgIpc) is 2.54. The monoisotopic (exact) mass is 270 g/mol. The van der Waals surface area contributed by atoms with Gasteiger partial charge in [-0.25, -0.2) is 4.79 Å². The second-order valence-corrected chi connectivity index (χ2v) is 6.38. The first-order valence-corrected chi connectivity index (χ1v) is 6.93. The number of rotatable bonds is 5. The summed E-state index contributed by atoms with van der Waals surface area (Å²) in [5.41, 5.74) is -1.27. The average molecular weight is 270 g/mol. The lowest BCUT2D eigenvalue weighted by Crippen LogP contribution is -2.40. The topological polar surface area (TPSA) is 77.8 Å². The third kappa shape index (κ3) is 3.80. The molecule has 3 N–H and O–H groups in total. The van der Waals surface area contributed by atoms with Gasteiger partial charge in [0.05, 0.1) is 11.2 Å². The zero-order valence-corrected chi connectivity index (χ0v) is 12.3. The minimum Gasteiger partial charge on any atom is -0.478 e. The van der Waals surface area contributed by atoms with Gasteiger partial charge in [0.1, 0.15) is 0 Å². The normalized spacial score (nSPS) is 35.2. The summed E-state index contributed by atoms with van der Waals surface area (Å²) in [5.74, 6) is -0.815. The summed E-state index contributed by atoms with van der Waals surface area (Å²) in [4.78, 5) is 10.7. The summed E-state index contributed by atoms with van der Waals surface area (Å²) in [7, 11) is 0. The highest BCUT2D eigenvalue weighted by Crippen LogP contribution is 2.46. The number of aliphatic carboxylic acids is 1. The van der Waals surface area contributed by atoms with Crippen molar-refractivity contribution in [3.05, 3.63) is 11.6 Å². The molecule has 1 aliphatic rings. The van der Waals surface area contributed by atoms with Crippen LogP contribution >= 0.6 is 0 Å². The Labute approximate surface area is 115 Å². The number of aliphatic hydroxyl groups is 2. The second kappa shape index (κ2) is 5.63. The molecule has 0 aliphatic heterocycles. The third-order valence-electron chi connectivity index (χ3n) is 4.78. The molecule has 0 aromatic heterocycles. The Balaban J connectivity index is 2.62. The lowest BCUT2D eigenvalue weighted by Gasteiger charge is -2.35. The summed E-state index contributed by atoms with van der Waals surface area (Å²) in [6, 6.07) is 0. The van der Waals surface area contributed by atoms with Gasteiger partial charge < -0.3 is 15.3 Å². The van der Waals surface area contributed by atoms with Crippen molar-refractivity contribution < 1.29 is 20.1 Å². The molecule has 4 heteroatoms. The van der Waals surface area contributed by atoms with E-state index >= 15 is 0 Å².